The van der Waals surface area contributed by atoms with Crippen LogP contribution in [0.25, 0.3) is 0 Å². The molecule has 0 aliphatic rings. The van der Waals surface area contributed by atoms with E-state index < -0.39 is 17.6 Å². The van der Waals surface area contributed by atoms with E-state index in [4.69, 9.17) is 40.2 Å². The highest BCUT2D eigenvalue weighted by atomic mass is 35.5. The van der Waals surface area contributed by atoms with Crippen LogP contribution in [0.3, 0.4) is 0 Å². The zero-order valence-electron chi connectivity index (χ0n) is 50.9. The third kappa shape index (κ3) is 20.1. The molecule has 0 aliphatic heterocycles. The predicted octanol–water partition coefficient (Wildman–Crippen LogP) is 14.3. The minimum Gasteiger partial charge on any atom is -0.493 e. The van der Waals surface area contributed by atoms with E-state index >= 15 is 0 Å². The first-order valence-corrected chi connectivity index (χ1v) is 28.4. The van der Waals surface area contributed by atoms with Gasteiger partial charge in [0.05, 0.1) is 59.8 Å². The number of aromatic amines is 3. The molecule has 0 radical (unpaired) electrons. The van der Waals surface area contributed by atoms with Gasteiger partial charge in [0, 0.05) is 39.3 Å². The Labute approximate surface area is 500 Å². The second-order valence-corrected chi connectivity index (χ2v) is 21.1. The first-order valence-electron chi connectivity index (χ1n) is 28.1. The smallest absolute Gasteiger partial charge is 0.335 e. The molecule has 0 unspecified atom stereocenters. The number of aryl methyl sites for hydroxylation is 10. The lowest BCUT2D eigenvalue weighted by molar-refractivity contribution is 0.0695. The number of carboxylic acid groups (broad SMARTS) is 1. The summed E-state index contributed by atoms with van der Waals surface area (Å²) in [5.41, 5.74) is 15.4. The van der Waals surface area contributed by atoms with Crippen LogP contribution in [-0.4, -0.2) is 90.6 Å². The molecule has 0 spiro atoms. The number of rotatable bonds is 24. The highest BCUT2D eigenvalue weighted by Crippen LogP contribution is 2.28. The van der Waals surface area contributed by atoms with Crippen molar-refractivity contribution in [3.63, 3.8) is 0 Å². The van der Waals surface area contributed by atoms with Crippen molar-refractivity contribution in [1.82, 2.24) is 35.7 Å². The molecule has 0 bridgehead atoms. The van der Waals surface area contributed by atoms with Crippen LogP contribution in [0.15, 0.2) is 71.3 Å². The van der Waals surface area contributed by atoms with E-state index in [-0.39, 0.29) is 28.8 Å². The van der Waals surface area contributed by atoms with Gasteiger partial charge in [-0.05, 0) is 236 Å². The van der Waals surface area contributed by atoms with Gasteiger partial charge >= 0.3 is 5.97 Å². The molecule has 0 amide bonds. The molecule has 0 atom stereocenters. The molecule has 0 aliphatic carbocycles. The number of hydrogen-bond acceptors (Lipinski definition) is 13. The lowest BCUT2D eigenvalue weighted by atomic mass is 10.1. The molecule has 20 heteroatoms. The molecule has 85 heavy (non-hydrogen) atoms. The molecule has 8 aromatic rings. The number of benzene rings is 4. The Morgan fingerprint density at radius 3 is 1.18 bits per heavy atom. The van der Waals surface area contributed by atoms with Gasteiger partial charge in [0.25, 0.3) is 0 Å². The number of carbonyl (C=O) groups is 4. The Morgan fingerprint density at radius 2 is 0.835 bits per heavy atom. The van der Waals surface area contributed by atoms with Crippen molar-refractivity contribution in [2.24, 2.45) is 0 Å². The van der Waals surface area contributed by atoms with E-state index in [1.54, 1.807) is 30.3 Å². The fourth-order valence-corrected chi connectivity index (χ4v) is 9.37. The van der Waals surface area contributed by atoms with Gasteiger partial charge in [0.15, 0.2) is 40.5 Å². The summed E-state index contributed by atoms with van der Waals surface area (Å²) >= 11 is 6.08. The van der Waals surface area contributed by atoms with E-state index in [0.717, 1.165) is 113 Å². The molecule has 4 N–H and O–H groups in total. The highest BCUT2D eigenvalue weighted by Gasteiger charge is 2.15. The number of aromatic carboxylic acids is 1. The Morgan fingerprint density at radius 1 is 0.482 bits per heavy atom. The van der Waals surface area contributed by atoms with Crippen LogP contribution in [-0.2, 0) is 25.7 Å². The maximum Gasteiger partial charge on any atom is 0.335 e. The molecule has 0 saturated heterocycles. The molecule has 0 saturated carbocycles. The number of nitrogens with zero attached hydrogens (tertiary/aromatic N) is 4. The van der Waals surface area contributed by atoms with Crippen molar-refractivity contribution < 1.29 is 56.5 Å². The van der Waals surface area contributed by atoms with Crippen molar-refractivity contribution in [2.45, 2.75) is 141 Å². The van der Waals surface area contributed by atoms with E-state index in [1.807, 2.05) is 69.2 Å². The molecular formula is C65H78ClF2N7O10. The number of ketones is 3. The van der Waals surface area contributed by atoms with Crippen molar-refractivity contribution >= 4 is 34.9 Å². The first kappa shape index (κ1) is 67.3. The van der Waals surface area contributed by atoms with Crippen LogP contribution in [0.4, 0.5) is 8.78 Å². The van der Waals surface area contributed by atoms with Crippen molar-refractivity contribution in [2.75, 3.05) is 26.4 Å². The first-order chi connectivity index (χ1) is 40.4. The van der Waals surface area contributed by atoms with Gasteiger partial charge in [0.2, 0.25) is 0 Å². The van der Waals surface area contributed by atoms with Crippen molar-refractivity contribution in [1.29, 1.82) is 0 Å². The average Bonchev–Trinajstić information content (AvgIpc) is 4.44. The zero-order valence-corrected chi connectivity index (χ0v) is 51.6. The fourth-order valence-electron chi connectivity index (χ4n) is 9.20. The quantitative estimate of drug-likeness (QED) is 0.0325. The third-order valence-electron chi connectivity index (χ3n) is 14.0. The predicted molar refractivity (Wildman–Crippen MR) is 323 cm³/mol. The summed E-state index contributed by atoms with van der Waals surface area (Å²) in [5, 5.41) is 34.8. The number of carboxylic acids is 1. The zero-order chi connectivity index (χ0) is 62.5. The normalized spacial score (nSPS) is 10.7. The van der Waals surface area contributed by atoms with Crippen LogP contribution in [0.2, 0.25) is 5.02 Å². The Hall–Kier alpha value is -8.45. The topological polar surface area (TPSA) is 237 Å². The number of carbonyl (C=O) groups excluding carboxylic acids is 3. The van der Waals surface area contributed by atoms with E-state index in [1.165, 1.54) is 73.9 Å². The van der Waals surface area contributed by atoms with Gasteiger partial charge in [-0.1, -0.05) is 16.8 Å². The third-order valence-corrected chi connectivity index (χ3v) is 14.4. The van der Waals surface area contributed by atoms with Gasteiger partial charge in [-0.25, -0.2) is 13.6 Å². The van der Waals surface area contributed by atoms with E-state index in [0.29, 0.717) is 65.9 Å². The fraction of sp³-hybridized carbons (Fsp3) is 0.385. The molecular weight excluding hydrogens is 1110 g/mol. The summed E-state index contributed by atoms with van der Waals surface area (Å²) in [6.45, 7) is 25.8. The second kappa shape index (κ2) is 32.6. The van der Waals surface area contributed by atoms with E-state index in [2.05, 4.69) is 35.7 Å². The number of aromatic nitrogens is 7. The highest BCUT2D eigenvalue weighted by molar-refractivity contribution is 6.32. The van der Waals surface area contributed by atoms with Crippen LogP contribution >= 0.6 is 11.6 Å². The van der Waals surface area contributed by atoms with Crippen LogP contribution in [0, 0.1) is 80.9 Å². The van der Waals surface area contributed by atoms with Gasteiger partial charge in [-0.15, -0.1) is 0 Å². The average molecular weight is 1190 g/mol. The number of ether oxygens (including phenoxy) is 4. The van der Waals surface area contributed by atoms with Gasteiger partial charge in [-0.3, -0.25) is 29.7 Å². The Balaban J connectivity index is 0.000000207. The monoisotopic (exact) mass is 1190 g/mol. The maximum absolute atomic E-state index is 13.6. The summed E-state index contributed by atoms with van der Waals surface area (Å²) in [6, 6.07) is 16.7. The SMILES string of the molecule is CC(=O)c1ccc(Cl)c(OCCCc2c(C)n[nH]c2C)c1.CC(=O)c1ccc(F)c(OCCCc2c(C)n[nH]c2C)c1.CC(=O)c1ccc(F)c(OCCCc2c(C)noc2C)c1.Cc1cc(C(=O)O)cc(C)c1OCCCc1c(C)n[nH]c1C. The number of nitrogens with one attached hydrogen (secondary N) is 3. The summed E-state index contributed by atoms with van der Waals surface area (Å²) in [4.78, 5) is 44.9. The van der Waals surface area contributed by atoms with Crippen LogP contribution in [0.1, 0.15) is 167 Å². The van der Waals surface area contributed by atoms with Crippen molar-refractivity contribution in [3.8, 4) is 23.0 Å². The summed E-state index contributed by atoms with van der Waals surface area (Å²) < 4.78 is 54.7. The molecule has 17 nitrogen and oxygen atoms in total. The minimum absolute atomic E-state index is 0.00108. The molecule has 454 valence electrons. The molecule has 8 rings (SSSR count). The van der Waals surface area contributed by atoms with Gasteiger partial charge in [-0.2, -0.15) is 15.3 Å². The summed E-state index contributed by atoms with van der Waals surface area (Å²) in [6.07, 6.45) is 6.62. The standard InChI is InChI=1S/C17H22N2O3.C16H19ClN2O2.C16H19FN2O2.C16H18FNO3/c1-10-8-14(17(20)21)9-11(2)16(10)22-7-5-6-15-12(3)18-19-13(15)4;2*1-10-14(11(2)19-18-10)5-4-8-21-16-9-13(12(3)20)6-7-15(16)17;1-10-14(12(3)21-18-10)5-4-8-20-16-9-13(11(2)19)6-7-15(16)17/h8-9H,5-7H2,1-4H3,(H,18,19)(H,20,21);2*6-7,9H,4-5,8H2,1-3H3,(H,18,19);6-7,9H,4-5,8H2,1-3H3. The van der Waals surface area contributed by atoms with Crippen LogP contribution in [0.5, 0.6) is 23.0 Å². The van der Waals surface area contributed by atoms with Crippen LogP contribution < -0.4 is 18.9 Å². The largest absolute Gasteiger partial charge is 0.493 e. The van der Waals surface area contributed by atoms with Gasteiger partial charge < -0.3 is 28.6 Å². The maximum atomic E-state index is 13.6. The van der Waals surface area contributed by atoms with Gasteiger partial charge in [0.1, 0.15) is 17.3 Å². The molecule has 0 fully saturated rings. The number of H-pyrrole nitrogens is 3. The lowest BCUT2D eigenvalue weighted by Crippen LogP contribution is -2.05. The molecule has 4 aromatic carbocycles. The number of Topliss-reactive ketones (excluding diaryl/α,β-unsaturated/α-hetero) is 3. The Bertz CT molecular complexity index is 3190. The summed E-state index contributed by atoms with van der Waals surface area (Å²) in [5.74, 6) is 0.343. The second-order valence-electron chi connectivity index (χ2n) is 20.7. The summed E-state index contributed by atoms with van der Waals surface area (Å²) in [7, 11) is 0. The molecule has 4 heterocycles. The number of hydrogen-bond donors (Lipinski definition) is 4. The van der Waals surface area contributed by atoms with Crippen molar-refractivity contribution in [3.05, 3.63) is 185 Å². The number of halogens is 3. The van der Waals surface area contributed by atoms with E-state index in [9.17, 15) is 28.0 Å². The minimum atomic E-state index is -0.913. The Kier molecular flexibility index (Phi) is 25.8. The lowest BCUT2D eigenvalue weighted by Gasteiger charge is -2.13. The molecule has 4 aromatic heterocycles.